The van der Waals surface area contributed by atoms with E-state index in [-0.39, 0.29) is 30.2 Å². The molecule has 2 unspecified atom stereocenters. The maximum Gasteiger partial charge on any atom is 0.306 e. The fourth-order valence-corrected chi connectivity index (χ4v) is 2.58. The number of rotatable bonds is 7. The van der Waals surface area contributed by atoms with Gasteiger partial charge in [-0.05, 0) is 30.9 Å². The fraction of sp³-hybridized carbons (Fsp3) is 0.500. The number of carbonyl (C=O) groups excluding carboxylic acids is 1. The first-order valence-electron chi connectivity index (χ1n) is 7.59. The molecular weight excluding hydrogens is 298 g/mol. The number of hydrogen-bond donors (Lipinski definition) is 2. The minimum absolute atomic E-state index is 0.0541. The molecule has 0 radical (unpaired) electrons. The van der Waals surface area contributed by atoms with E-state index >= 15 is 0 Å². The SMILES string of the molecule is CCOC(=O)CC(CC1C=C(O)N(C)N1)c1ccc(OC)nc1. The summed E-state index contributed by atoms with van der Waals surface area (Å²) in [6.45, 7) is 2.15. The molecule has 1 aromatic rings. The Hall–Kier alpha value is -2.28. The number of aromatic nitrogens is 1. The zero-order valence-corrected chi connectivity index (χ0v) is 13.7. The molecule has 1 aliphatic rings. The Morgan fingerprint density at radius 3 is 2.83 bits per heavy atom. The summed E-state index contributed by atoms with van der Waals surface area (Å²) < 4.78 is 10.1. The van der Waals surface area contributed by atoms with Gasteiger partial charge in [0.25, 0.3) is 0 Å². The number of aliphatic hydroxyl groups is 1. The first kappa shape index (κ1) is 17.1. The monoisotopic (exact) mass is 321 g/mol. The van der Waals surface area contributed by atoms with Gasteiger partial charge >= 0.3 is 5.97 Å². The highest BCUT2D eigenvalue weighted by molar-refractivity contribution is 5.70. The van der Waals surface area contributed by atoms with Crippen LogP contribution in [0.2, 0.25) is 0 Å². The number of esters is 1. The van der Waals surface area contributed by atoms with Crippen LogP contribution in [-0.4, -0.2) is 47.9 Å². The molecule has 1 aliphatic heterocycles. The molecule has 126 valence electrons. The van der Waals surface area contributed by atoms with E-state index in [1.54, 1.807) is 44.4 Å². The van der Waals surface area contributed by atoms with E-state index in [0.29, 0.717) is 18.9 Å². The Labute approximate surface area is 135 Å². The van der Waals surface area contributed by atoms with E-state index in [4.69, 9.17) is 9.47 Å². The summed E-state index contributed by atoms with van der Waals surface area (Å²) in [5.41, 5.74) is 4.06. The Bertz CT molecular complexity index is 559. The molecule has 7 nitrogen and oxygen atoms in total. The van der Waals surface area contributed by atoms with Gasteiger partial charge < -0.3 is 14.6 Å². The molecule has 0 aliphatic carbocycles. The third kappa shape index (κ3) is 4.59. The molecule has 2 atom stereocenters. The number of hydrogen-bond acceptors (Lipinski definition) is 7. The van der Waals surface area contributed by atoms with Crippen LogP contribution in [0.1, 0.15) is 31.2 Å². The largest absolute Gasteiger partial charge is 0.494 e. The highest BCUT2D eigenvalue weighted by Gasteiger charge is 2.26. The summed E-state index contributed by atoms with van der Waals surface area (Å²) in [7, 11) is 3.30. The van der Waals surface area contributed by atoms with Crippen LogP contribution in [0.3, 0.4) is 0 Å². The minimum Gasteiger partial charge on any atom is -0.494 e. The Morgan fingerprint density at radius 1 is 1.52 bits per heavy atom. The summed E-state index contributed by atoms with van der Waals surface area (Å²) in [4.78, 5) is 16.1. The fourth-order valence-electron chi connectivity index (χ4n) is 2.58. The summed E-state index contributed by atoms with van der Waals surface area (Å²) in [5, 5.41) is 11.2. The molecule has 0 fully saturated rings. The predicted molar refractivity (Wildman–Crippen MR) is 84.8 cm³/mol. The van der Waals surface area contributed by atoms with Gasteiger partial charge in [0.1, 0.15) is 0 Å². The van der Waals surface area contributed by atoms with E-state index in [0.717, 1.165) is 5.56 Å². The van der Waals surface area contributed by atoms with Crippen LogP contribution >= 0.6 is 0 Å². The van der Waals surface area contributed by atoms with Gasteiger partial charge in [0.2, 0.25) is 5.88 Å². The number of ether oxygens (including phenoxy) is 2. The molecule has 0 bridgehead atoms. The second-order valence-electron chi connectivity index (χ2n) is 5.40. The molecule has 0 spiro atoms. The normalized spacial score (nSPS) is 18.5. The van der Waals surface area contributed by atoms with Crippen LogP contribution in [0.15, 0.2) is 30.3 Å². The van der Waals surface area contributed by atoms with Crippen LogP contribution in [0.5, 0.6) is 5.88 Å². The Morgan fingerprint density at radius 2 is 2.30 bits per heavy atom. The maximum atomic E-state index is 11.9. The van der Waals surface area contributed by atoms with Gasteiger partial charge in [0.15, 0.2) is 5.88 Å². The maximum absolute atomic E-state index is 11.9. The van der Waals surface area contributed by atoms with Crippen molar-refractivity contribution in [1.29, 1.82) is 0 Å². The highest BCUT2D eigenvalue weighted by atomic mass is 16.5. The van der Waals surface area contributed by atoms with Gasteiger partial charge in [-0.15, -0.1) is 0 Å². The van der Waals surface area contributed by atoms with Crippen LogP contribution in [-0.2, 0) is 9.53 Å². The van der Waals surface area contributed by atoms with Crippen molar-refractivity contribution in [1.82, 2.24) is 15.4 Å². The lowest BCUT2D eigenvalue weighted by Gasteiger charge is -2.21. The van der Waals surface area contributed by atoms with Gasteiger partial charge in [0.05, 0.1) is 26.2 Å². The number of nitrogens with zero attached hydrogens (tertiary/aromatic N) is 2. The molecule has 7 heteroatoms. The van der Waals surface area contributed by atoms with Crippen LogP contribution in [0.4, 0.5) is 0 Å². The van der Waals surface area contributed by atoms with Gasteiger partial charge in [-0.1, -0.05) is 6.07 Å². The van der Waals surface area contributed by atoms with Crippen molar-refractivity contribution in [2.24, 2.45) is 0 Å². The van der Waals surface area contributed by atoms with Gasteiger partial charge in [0, 0.05) is 19.3 Å². The van der Waals surface area contributed by atoms with Crippen molar-refractivity contribution in [2.75, 3.05) is 20.8 Å². The van der Waals surface area contributed by atoms with Crippen LogP contribution in [0, 0.1) is 0 Å². The molecule has 0 saturated carbocycles. The number of hydrazine groups is 1. The van der Waals surface area contributed by atoms with Crippen molar-refractivity contribution in [3.63, 3.8) is 0 Å². The second kappa shape index (κ2) is 7.82. The first-order valence-corrected chi connectivity index (χ1v) is 7.59. The molecule has 23 heavy (non-hydrogen) atoms. The number of methoxy groups -OCH3 is 1. The topological polar surface area (TPSA) is 83.9 Å². The number of aliphatic hydroxyl groups excluding tert-OH is 1. The molecule has 2 heterocycles. The van der Waals surface area contributed by atoms with Crippen LogP contribution < -0.4 is 10.2 Å². The Kier molecular flexibility index (Phi) is 5.81. The smallest absolute Gasteiger partial charge is 0.306 e. The second-order valence-corrected chi connectivity index (χ2v) is 5.40. The molecule has 2 rings (SSSR count). The van der Waals surface area contributed by atoms with Gasteiger partial charge in [-0.25, -0.2) is 10.4 Å². The summed E-state index contributed by atoms with van der Waals surface area (Å²) in [5.74, 6) is 0.394. The van der Waals surface area contributed by atoms with E-state index < -0.39 is 0 Å². The number of pyridine rings is 1. The van der Waals surface area contributed by atoms with Crippen molar-refractivity contribution >= 4 is 5.97 Å². The summed E-state index contributed by atoms with van der Waals surface area (Å²) >= 11 is 0. The van der Waals surface area contributed by atoms with Crippen molar-refractivity contribution < 1.29 is 19.4 Å². The molecular formula is C16H23N3O4. The minimum atomic E-state index is -0.243. The lowest BCUT2D eigenvalue weighted by Crippen LogP contribution is -2.35. The zero-order chi connectivity index (χ0) is 16.8. The highest BCUT2D eigenvalue weighted by Crippen LogP contribution is 2.28. The van der Waals surface area contributed by atoms with E-state index in [9.17, 15) is 9.90 Å². The standard InChI is InChI=1S/C16H23N3O4/c1-4-23-16(21)8-12(7-13-9-15(20)19(2)18-13)11-5-6-14(22-3)17-10-11/h5-6,9-10,12-13,18,20H,4,7-8H2,1-3H3. The molecule has 0 aromatic carbocycles. The number of nitrogens with one attached hydrogen (secondary N) is 1. The lowest BCUT2D eigenvalue weighted by molar-refractivity contribution is -0.143. The van der Waals surface area contributed by atoms with Crippen LogP contribution in [0.25, 0.3) is 0 Å². The number of carbonyl (C=O) groups is 1. The lowest BCUT2D eigenvalue weighted by atomic mass is 9.90. The van der Waals surface area contributed by atoms with Gasteiger partial charge in [-0.2, -0.15) is 0 Å². The van der Waals surface area contributed by atoms with Gasteiger partial charge in [-0.3, -0.25) is 9.80 Å². The predicted octanol–water partition coefficient (Wildman–Crippen LogP) is 1.74. The van der Waals surface area contributed by atoms with E-state index in [1.165, 1.54) is 0 Å². The van der Waals surface area contributed by atoms with Crippen molar-refractivity contribution in [2.45, 2.75) is 31.7 Å². The van der Waals surface area contributed by atoms with E-state index in [1.807, 2.05) is 6.07 Å². The summed E-state index contributed by atoms with van der Waals surface area (Å²) in [6, 6.07) is 3.62. The molecule has 1 aromatic heterocycles. The van der Waals surface area contributed by atoms with Crippen molar-refractivity contribution in [3.8, 4) is 5.88 Å². The third-order valence-corrected chi connectivity index (χ3v) is 3.75. The zero-order valence-electron chi connectivity index (χ0n) is 13.7. The molecule has 2 N–H and O–H groups in total. The average Bonchev–Trinajstić information content (AvgIpc) is 2.85. The first-order chi connectivity index (χ1) is 11.0. The van der Waals surface area contributed by atoms with E-state index in [2.05, 4.69) is 10.4 Å². The Balaban J connectivity index is 2.12. The third-order valence-electron chi connectivity index (χ3n) is 3.75. The molecule has 0 saturated heterocycles. The van der Waals surface area contributed by atoms with Crippen molar-refractivity contribution in [3.05, 3.63) is 35.9 Å². The average molecular weight is 321 g/mol. The quantitative estimate of drug-likeness (QED) is 0.740. The summed E-state index contributed by atoms with van der Waals surface area (Å²) in [6.07, 6.45) is 4.35. The molecule has 0 amide bonds.